The van der Waals surface area contributed by atoms with Crippen molar-refractivity contribution in [3.63, 3.8) is 0 Å². The van der Waals surface area contributed by atoms with Crippen LogP contribution in [0.2, 0.25) is 0 Å². The smallest absolute Gasteiger partial charge is 0.253 e. The van der Waals surface area contributed by atoms with E-state index in [2.05, 4.69) is 24.9 Å². The summed E-state index contributed by atoms with van der Waals surface area (Å²) in [4.78, 5) is 18.3. The zero-order valence-electron chi connectivity index (χ0n) is 14.1. The normalized spacial score (nSPS) is 10.7. The highest BCUT2D eigenvalue weighted by Gasteiger charge is 2.21. The second-order valence-corrected chi connectivity index (χ2v) is 7.11. The molecular formula is C18H21N3O2S. The number of nitrogens with zero attached hydrogens (tertiary/aromatic N) is 3. The molecule has 1 amide bonds. The Labute approximate surface area is 146 Å². The van der Waals surface area contributed by atoms with Crippen LogP contribution in [0, 0.1) is 24.2 Å². The third-order valence-corrected chi connectivity index (χ3v) is 4.68. The van der Waals surface area contributed by atoms with E-state index >= 15 is 0 Å². The Hall–Kier alpha value is -2.23. The zero-order chi connectivity index (χ0) is 17.7. The highest BCUT2D eigenvalue weighted by atomic mass is 32.1. The van der Waals surface area contributed by atoms with Crippen LogP contribution in [-0.4, -0.2) is 22.6 Å². The van der Waals surface area contributed by atoms with E-state index in [0.717, 1.165) is 27.7 Å². The summed E-state index contributed by atoms with van der Waals surface area (Å²) in [5.41, 5.74) is 2.17. The molecule has 0 aliphatic heterocycles. The summed E-state index contributed by atoms with van der Waals surface area (Å²) >= 11 is 1.49. The molecule has 1 heterocycles. The molecule has 0 fully saturated rings. The average Bonchev–Trinajstić information content (AvgIpc) is 2.91. The van der Waals surface area contributed by atoms with Gasteiger partial charge in [-0.2, -0.15) is 5.26 Å². The summed E-state index contributed by atoms with van der Waals surface area (Å²) < 4.78 is 0. The molecule has 0 unspecified atom stereocenters. The fourth-order valence-electron chi connectivity index (χ4n) is 2.41. The van der Waals surface area contributed by atoms with Crippen LogP contribution in [0.3, 0.4) is 0 Å². The van der Waals surface area contributed by atoms with E-state index in [1.165, 1.54) is 11.3 Å². The monoisotopic (exact) mass is 343 g/mol. The first-order valence-corrected chi connectivity index (χ1v) is 8.62. The van der Waals surface area contributed by atoms with Crippen LogP contribution in [0.5, 0.6) is 0 Å². The lowest BCUT2D eigenvalue weighted by molar-refractivity contribution is -0.121. The topological polar surface area (TPSA) is 77.2 Å². The molecule has 0 aliphatic rings. The van der Waals surface area contributed by atoms with Crippen molar-refractivity contribution >= 4 is 22.2 Å². The first-order chi connectivity index (χ1) is 11.4. The third kappa shape index (κ3) is 4.40. The van der Waals surface area contributed by atoms with Gasteiger partial charge in [0.15, 0.2) is 0 Å². The summed E-state index contributed by atoms with van der Waals surface area (Å²) in [5.74, 6) is 0.109. The highest BCUT2D eigenvalue weighted by molar-refractivity contribution is 7.16. The molecule has 0 saturated carbocycles. The number of amides is 1. The molecule has 1 aromatic heterocycles. The predicted octanol–water partition coefficient (Wildman–Crippen LogP) is 3.05. The van der Waals surface area contributed by atoms with E-state index in [0.29, 0.717) is 18.0 Å². The van der Waals surface area contributed by atoms with Crippen LogP contribution in [0.4, 0.5) is 5.00 Å². The molecular weight excluding hydrogens is 322 g/mol. The summed E-state index contributed by atoms with van der Waals surface area (Å²) in [5, 5.41) is 20.1. The largest absolute Gasteiger partial charge is 0.387 e. The van der Waals surface area contributed by atoms with Crippen LogP contribution >= 0.6 is 11.3 Å². The van der Waals surface area contributed by atoms with Gasteiger partial charge in [0.2, 0.25) is 0 Å². The van der Waals surface area contributed by atoms with Gasteiger partial charge in [-0.3, -0.25) is 9.69 Å². The Morgan fingerprint density at radius 2 is 2.21 bits per heavy atom. The molecule has 0 aliphatic carbocycles. The number of rotatable bonds is 6. The van der Waals surface area contributed by atoms with E-state index in [9.17, 15) is 9.90 Å². The Kier molecular flexibility index (Phi) is 6.07. The predicted molar refractivity (Wildman–Crippen MR) is 94.8 cm³/mol. The van der Waals surface area contributed by atoms with Gasteiger partial charge in [-0.1, -0.05) is 26.0 Å². The SMILES string of the molecule is Cc1nc(CC(C)C)sc1N(Cc1cccc(C#N)c1)C(=O)CO. The van der Waals surface area contributed by atoms with Crippen molar-refractivity contribution in [3.8, 4) is 6.07 Å². The van der Waals surface area contributed by atoms with Gasteiger partial charge in [-0.15, -0.1) is 11.3 Å². The minimum Gasteiger partial charge on any atom is -0.387 e. The summed E-state index contributed by atoms with van der Waals surface area (Å²) in [6.07, 6.45) is 0.858. The van der Waals surface area contributed by atoms with Gasteiger partial charge < -0.3 is 5.11 Å². The lowest BCUT2D eigenvalue weighted by Gasteiger charge is -2.21. The molecule has 0 radical (unpaired) electrons. The molecule has 2 rings (SSSR count). The molecule has 1 N–H and O–H groups in total. The Morgan fingerprint density at radius 1 is 1.46 bits per heavy atom. The summed E-state index contributed by atoms with van der Waals surface area (Å²) in [7, 11) is 0. The number of aliphatic hydroxyl groups is 1. The van der Waals surface area contributed by atoms with Gasteiger partial charge >= 0.3 is 0 Å². The number of hydrogen-bond acceptors (Lipinski definition) is 5. The molecule has 5 nitrogen and oxygen atoms in total. The maximum absolute atomic E-state index is 12.2. The van der Waals surface area contributed by atoms with Crippen molar-refractivity contribution in [2.75, 3.05) is 11.5 Å². The van der Waals surface area contributed by atoms with Crippen LogP contribution < -0.4 is 4.90 Å². The number of aryl methyl sites for hydroxylation is 1. The number of carbonyl (C=O) groups is 1. The Morgan fingerprint density at radius 3 is 2.83 bits per heavy atom. The molecule has 2 aromatic rings. The fourth-order valence-corrected chi connectivity index (χ4v) is 3.70. The van der Waals surface area contributed by atoms with E-state index in [-0.39, 0.29) is 5.91 Å². The highest BCUT2D eigenvalue weighted by Crippen LogP contribution is 2.31. The van der Waals surface area contributed by atoms with E-state index in [4.69, 9.17) is 5.26 Å². The van der Waals surface area contributed by atoms with Gasteiger partial charge in [0.25, 0.3) is 5.91 Å². The quantitative estimate of drug-likeness (QED) is 0.874. The number of thiazole rings is 1. The van der Waals surface area contributed by atoms with Gasteiger partial charge in [0.1, 0.15) is 11.6 Å². The van der Waals surface area contributed by atoms with Crippen molar-refractivity contribution in [2.24, 2.45) is 5.92 Å². The van der Waals surface area contributed by atoms with Gasteiger partial charge in [-0.05, 0) is 30.5 Å². The van der Waals surface area contributed by atoms with Crippen molar-refractivity contribution in [3.05, 3.63) is 46.1 Å². The number of benzene rings is 1. The van der Waals surface area contributed by atoms with Gasteiger partial charge in [0.05, 0.1) is 28.9 Å². The Balaban J connectivity index is 2.33. The number of aliphatic hydroxyl groups excluding tert-OH is 1. The van der Waals surface area contributed by atoms with E-state index in [1.54, 1.807) is 23.1 Å². The maximum atomic E-state index is 12.2. The van der Waals surface area contributed by atoms with Crippen LogP contribution in [0.25, 0.3) is 0 Å². The van der Waals surface area contributed by atoms with Crippen LogP contribution in [0.15, 0.2) is 24.3 Å². The van der Waals surface area contributed by atoms with E-state index in [1.807, 2.05) is 13.0 Å². The van der Waals surface area contributed by atoms with Gasteiger partial charge in [0, 0.05) is 6.42 Å². The molecule has 6 heteroatoms. The Bertz CT molecular complexity index is 762. The minimum atomic E-state index is -0.561. The van der Waals surface area contributed by atoms with Crippen molar-refractivity contribution in [1.82, 2.24) is 4.98 Å². The molecule has 0 saturated heterocycles. The second kappa shape index (κ2) is 8.04. The van der Waals surface area contributed by atoms with E-state index < -0.39 is 6.61 Å². The summed E-state index contributed by atoms with van der Waals surface area (Å²) in [6.45, 7) is 5.87. The van der Waals surface area contributed by atoms with Crippen molar-refractivity contribution in [2.45, 2.75) is 33.7 Å². The molecule has 0 spiro atoms. The molecule has 0 bridgehead atoms. The summed E-state index contributed by atoms with van der Waals surface area (Å²) in [6, 6.07) is 9.23. The lowest BCUT2D eigenvalue weighted by Crippen LogP contribution is -2.32. The minimum absolute atomic E-state index is 0.305. The maximum Gasteiger partial charge on any atom is 0.253 e. The molecule has 1 aromatic carbocycles. The molecule has 126 valence electrons. The van der Waals surface area contributed by atoms with Crippen LogP contribution in [0.1, 0.15) is 35.7 Å². The lowest BCUT2D eigenvalue weighted by atomic mass is 10.1. The first-order valence-electron chi connectivity index (χ1n) is 7.81. The number of hydrogen-bond donors (Lipinski definition) is 1. The molecule has 0 atom stereocenters. The number of nitriles is 1. The third-order valence-electron chi connectivity index (χ3n) is 3.48. The fraction of sp³-hybridized carbons (Fsp3) is 0.389. The number of anilines is 1. The number of carbonyl (C=O) groups excluding carboxylic acids is 1. The second-order valence-electron chi connectivity index (χ2n) is 6.05. The zero-order valence-corrected chi connectivity index (χ0v) is 14.9. The first kappa shape index (κ1) is 18.1. The average molecular weight is 343 g/mol. The van der Waals surface area contributed by atoms with Gasteiger partial charge in [-0.25, -0.2) is 4.98 Å². The molecule has 24 heavy (non-hydrogen) atoms. The van der Waals surface area contributed by atoms with Crippen LogP contribution in [-0.2, 0) is 17.8 Å². The standard InChI is InChI=1S/C18H21N3O2S/c1-12(2)7-16-20-13(3)18(24-16)21(17(23)11-22)10-15-6-4-5-14(8-15)9-19/h4-6,8,12,22H,7,10-11H2,1-3H3. The van der Waals surface area contributed by atoms with Crippen molar-refractivity contribution < 1.29 is 9.90 Å². The van der Waals surface area contributed by atoms with Crippen molar-refractivity contribution in [1.29, 1.82) is 5.26 Å². The number of aromatic nitrogens is 1.